The van der Waals surface area contributed by atoms with Crippen LogP contribution in [0.2, 0.25) is 5.02 Å². The summed E-state index contributed by atoms with van der Waals surface area (Å²) in [5.74, 6) is -1.20. The van der Waals surface area contributed by atoms with E-state index in [0.717, 1.165) is 4.90 Å². The monoisotopic (exact) mass is 329 g/mol. The molecular weight excluding hydrogens is 310 g/mol. The van der Waals surface area contributed by atoms with Crippen molar-refractivity contribution in [2.24, 2.45) is 0 Å². The lowest BCUT2D eigenvalue weighted by Crippen LogP contribution is -2.50. The molecule has 0 aromatic heterocycles. The number of benzene rings is 1. The molecule has 1 atom stereocenters. The minimum absolute atomic E-state index is 0.190. The van der Waals surface area contributed by atoms with Crippen LogP contribution in [0.3, 0.4) is 0 Å². The van der Waals surface area contributed by atoms with E-state index in [-0.39, 0.29) is 17.7 Å². The predicted molar refractivity (Wildman–Crippen MR) is 85.9 cm³/mol. The Labute approximate surface area is 134 Å². The van der Waals surface area contributed by atoms with Crippen LogP contribution in [-0.4, -0.2) is 39.2 Å². The Kier molecular flexibility index (Phi) is 6.10. The van der Waals surface area contributed by atoms with Crippen LogP contribution in [0, 0.1) is 0 Å². The lowest BCUT2D eigenvalue weighted by atomic mass is 10.1. The molecule has 21 heavy (non-hydrogen) atoms. The molecule has 0 aliphatic carbocycles. The molecular formula is C15H20ClNO3S. The number of halogens is 1. The topological polar surface area (TPSA) is 57.6 Å². The first-order valence-electron chi connectivity index (χ1n) is 6.57. The Morgan fingerprint density at radius 1 is 1.29 bits per heavy atom. The molecule has 6 heteroatoms. The van der Waals surface area contributed by atoms with Gasteiger partial charge in [0.15, 0.2) is 0 Å². The fourth-order valence-electron chi connectivity index (χ4n) is 1.77. The maximum absolute atomic E-state index is 12.5. The van der Waals surface area contributed by atoms with Gasteiger partial charge in [-0.25, -0.2) is 0 Å². The van der Waals surface area contributed by atoms with Crippen LogP contribution in [0.4, 0.5) is 0 Å². The average molecular weight is 330 g/mol. The third-order valence-corrected chi connectivity index (χ3v) is 4.19. The summed E-state index contributed by atoms with van der Waals surface area (Å²) in [7, 11) is 0. The maximum Gasteiger partial charge on any atom is 0.323 e. The molecule has 4 nitrogen and oxygen atoms in total. The van der Waals surface area contributed by atoms with Crippen molar-refractivity contribution in [2.75, 3.05) is 6.54 Å². The van der Waals surface area contributed by atoms with Crippen molar-refractivity contribution in [3.05, 3.63) is 29.3 Å². The Hall–Kier alpha value is -1.20. The zero-order valence-corrected chi connectivity index (χ0v) is 14.2. The normalized spacial score (nSPS) is 12.8. The highest BCUT2D eigenvalue weighted by Gasteiger charge is 2.31. The fraction of sp³-hybridized carbons (Fsp3) is 0.467. The minimum atomic E-state index is -1.01. The molecule has 0 radical (unpaired) electrons. The molecule has 1 unspecified atom stereocenters. The van der Waals surface area contributed by atoms with Gasteiger partial charge in [-0.1, -0.05) is 11.6 Å². The quantitative estimate of drug-likeness (QED) is 0.839. The lowest BCUT2D eigenvalue weighted by molar-refractivity contribution is -0.147. The number of carboxylic acid groups (broad SMARTS) is 1. The van der Waals surface area contributed by atoms with Crippen LogP contribution < -0.4 is 0 Å². The standard InChI is InChI=1S/C15H20ClNO3S/c1-10(21-12-7-5-11(16)6-8-12)14(20)17(9-13(18)19)15(2,3)4/h5-8,10H,9H2,1-4H3,(H,18,19). The summed E-state index contributed by atoms with van der Waals surface area (Å²) in [5.41, 5.74) is -0.537. The van der Waals surface area contributed by atoms with Crippen LogP contribution >= 0.6 is 23.4 Å². The van der Waals surface area contributed by atoms with E-state index in [9.17, 15) is 9.59 Å². The third kappa shape index (κ3) is 5.59. The van der Waals surface area contributed by atoms with E-state index in [0.29, 0.717) is 5.02 Å². The predicted octanol–water partition coefficient (Wildman–Crippen LogP) is 3.53. The summed E-state index contributed by atoms with van der Waals surface area (Å²) < 4.78 is 0. The highest BCUT2D eigenvalue weighted by Crippen LogP contribution is 2.27. The van der Waals surface area contributed by atoms with Gasteiger partial charge in [0.2, 0.25) is 5.91 Å². The molecule has 0 saturated carbocycles. The molecule has 0 aliphatic heterocycles. The van der Waals surface area contributed by atoms with Crippen LogP contribution in [0.15, 0.2) is 29.2 Å². The van der Waals surface area contributed by atoms with E-state index < -0.39 is 11.5 Å². The molecule has 1 aromatic carbocycles. The van der Waals surface area contributed by atoms with Crippen LogP contribution in [0.1, 0.15) is 27.7 Å². The van der Waals surface area contributed by atoms with Crippen LogP contribution in [0.5, 0.6) is 0 Å². The number of hydrogen-bond acceptors (Lipinski definition) is 3. The molecule has 1 N–H and O–H groups in total. The molecule has 1 rings (SSSR count). The van der Waals surface area contributed by atoms with E-state index in [2.05, 4.69) is 0 Å². The summed E-state index contributed by atoms with van der Waals surface area (Å²) in [4.78, 5) is 25.8. The van der Waals surface area contributed by atoms with Crippen molar-refractivity contribution in [3.63, 3.8) is 0 Å². The molecule has 0 aliphatic rings. The fourth-order valence-corrected chi connectivity index (χ4v) is 2.82. The largest absolute Gasteiger partial charge is 0.480 e. The minimum Gasteiger partial charge on any atom is -0.480 e. The number of nitrogens with zero attached hydrogens (tertiary/aromatic N) is 1. The van der Waals surface area contributed by atoms with Gasteiger partial charge in [-0.2, -0.15) is 0 Å². The highest BCUT2D eigenvalue weighted by atomic mass is 35.5. The summed E-state index contributed by atoms with van der Waals surface area (Å²) in [6.45, 7) is 6.96. The first kappa shape index (κ1) is 17.9. The number of hydrogen-bond donors (Lipinski definition) is 1. The molecule has 116 valence electrons. The van der Waals surface area contributed by atoms with Gasteiger partial charge in [-0.15, -0.1) is 11.8 Å². The van der Waals surface area contributed by atoms with E-state index in [1.54, 1.807) is 19.1 Å². The van der Waals surface area contributed by atoms with Gasteiger partial charge in [-0.3, -0.25) is 9.59 Å². The van der Waals surface area contributed by atoms with Crippen molar-refractivity contribution in [1.82, 2.24) is 4.90 Å². The van der Waals surface area contributed by atoms with Crippen molar-refractivity contribution < 1.29 is 14.7 Å². The first-order chi connectivity index (χ1) is 9.61. The van der Waals surface area contributed by atoms with Gasteiger partial charge >= 0.3 is 5.97 Å². The van der Waals surface area contributed by atoms with E-state index in [4.69, 9.17) is 16.7 Å². The SMILES string of the molecule is CC(Sc1ccc(Cl)cc1)C(=O)N(CC(=O)O)C(C)(C)C. The van der Waals surface area contributed by atoms with Gasteiger partial charge in [-0.05, 0) is 52.0 Å². The third-order valence-electron chi connectivity index (χ3n) is 2.84. The number of carbonyl (C=O) groups is 2. The summed E-state index contributed by atoms with van der Waals surface area (Å²) in [6.07, 6.45) is 0. The molecule has 0 spiro atoms. The summed E-state index contributed by atoms with van der Waals surface area (Å²) in [6, 6.07) is 7.21. The van der Waals surface area contributed by atoms with Crippen molar-refractivity contribution in [1.29, 1.82) is 0 Å². The summed E-state index contributed by atoms with van der Waals surface area (Å²) >= 11 is 7.22. The Morgan fingerprint density at radius 2 is 1.81 bits per heavy atom. The number of aliphatic carboxylic acids is 1. The zero-order valence-electron chi connectivity index (χ0n) is 12.6. The number of carbonyl (C=O) groups excluding carboxylic acids is 1. The highest BCUT2D eigenvalue weighted by molar-refractivity contribution is 8.00. The summed E-state index contributed by atoms with van der Waals surface area (Å²) in [5, 5.41) is 9.25. The second-order valence-corrected chi connectivity index (χ2v) is 7.55. The van der Waals surface area contributed by atoms with Gasteiger partial charge in [0.25, 0.3) is 0 Å². The number of rotatable bonds is 5. The lowest BCUT2D eigenvalue weighted by Gasteiger charge is -2.36. The van der Waals surface area contributed by atoms with Crippen LogP contribution in [-0.2, 0) is 9.59 Å². The van der Waals surface area contributed by atoms with Gasteiger partial charge in [0.1, 0.15) is 6.54 Å². The van der Waals surface area contributed by atoms with Gasteiger partial charge in [0.05, 0.1) is 5.25 Å². The van der Waals surface area contributed by atoms with Crippen molar-refractivity contribution in [3.8, 4) is 0 Å². The Bertz CT molecular complexity index is 511. The molecule has 1 amide bonds. The zero-order chi connectivity index (χ0) is 16.2. The van der Waals surface area contributed by atoms with Gasteiger partial charge < -0.3 is 10.0 Å². The molecule has 0 heterocycles. The molecule has 0 bridgehead atoms. The Balaban J connectivity index is 2.82. The van der Waals surface area contributed by atoms with E-state index in [1.165, 1.54) is 16.7 Å². The van der Waals surface area contributed by atoms with Crippen LogP contribution in [0.25, 0.3) is 0 Å². The molecule has 1 aromatic rings. The van der Waals surface area contributed by atoms with E-state index >= 15 is 0 Å². The maximum atomic E-state index is 12.5. The molecule has 0 saturated heterocycles. The molecule has 0 fully saturated rings. The van der Waals surface area contributed by atoms with Crippen molar-refractivity contribution >= 4 is 35.2 Å². The van der Waals surface area contributed by atoms with E-state index in [1.807, 2.05) is 32.9 Å². The number of thioether (sulfide) groups is 1. The number of amides is 1. The Morgan fingerprint density at radius 3 is 2.24 bits per heavy atom. The first-order valence-corrected chi connectivity index (χ1v) is 7.82. The second-order valence-electron chi connectivity index (χ2n) is 5.70. The second kappa shape index (κ2) is 7.18. The van der Waals surface area contributed by atoms with Crippen molar-refractivity contribution in [2.45, 2.75) is 43.4 Å². The average Bonchev–Trinajstić information content (AvgIpc) is 2.36. The van der Waals surface area contributed by atoms with Gasteiger partial charge in [0, 0.05) is 15.5 Å². The number of carboxylic acids is 1. The smallest absolute Gasteiger partial charge is 0.323 e.